The van der Waals surface area contributed by atoms with Gasteiger partial charge in [0.1, 0.15) is 6.33 Å². The molecule has 7 aromatic carbocycles. The summed E-state index contributed by atoms with van der Waals surface area (Å²) < 4.78 is 2.16. The number of anilines is 6. The summed E-state index contributed by atoms with van der Waals surface area (Å²) in [6.07, 6.45) is 1.91. The van der Waals surface area contributed by atoms with Gasteiger partial charge >= 0.3 is 0 Å². The number of benzene rings is 7. The molecule has 0 radical (unpaired) electrons. The van der Waals surface area contributed by atoms with Crippen LogP contribution in [0.1, 0.15) is 105 Å². The number of halogens is 1. The van der Waals surface area contributed by atoms with Crippen molar-refractivity contribution in [1.29, 1.82) is 0 Å². The molecule has 0 aliphatic rings. The van der Waals surface area contributed by atoms with Crippen LogP contribution in [0.15, 0.2) is 164 Å². The topological polar surface area (TPSA) is 24.3 Å². The van der Waals surface area contributed by atoms with Crippen molar-refractivity contribution < 1.29 is 0 Å². The fourth-order valence-corrected chi connectivity index (χ4v) is 8.64. The zero-order chi connectivity index (χ0) is 45.8. The summed E-state index contributed by atoms with van der Waals surface area (Å²) in [6, 6.07) is 57.4. The predicted octanol–water partition coefficient (Wildman–Crippen LogP) is 17.5. The van der Waals surface area contributed by atoms with Gasteiger partial charge in [-0.3, -0.25) is 4.57 Å². The Labute approximate surface area is 387 Å². The molecular formula is C59H63ClN4. The lowest BCUT2D eigenvalue weighted by Crippen LogP contribution is -2.18. The summed E-state index contributed by atoms with van der Waals surface area (Å²) in [5.41, 5.74) is 16.1. The summed E-state index contributed by atoms with van der Waals surface area (Å²) in [6.45, 7) is 27.1. The highest BCUT2D eigenvalue weighted by molar-refractivity contribution is 6.35. The van der Waals surface area contributed by atoms with Gasteiger partial charge in [0, 0.05) is 28.4 Å². The Balaban J connectivity index is 1.35. The number of aromatic nitrogens is 2. The van der Waals surface area contributed by atoms with Crippen molar-refractivity contribution in [2.45, 2.75) is 105 Å². The quantitative estimate of drug-likeness (QED) is 0.152. The predicted molar refractivity (Wildman–Crippen MR) is 276 cm³/mol. The Morgan fingerprint density at radius 3 is 1.36 bits per heavy atom. The standard InChI is InChI=1S/C59H63ClN4/c1-56(2,3)42-22-28-46(29-23-42)63(47-30-24-43(25-31-47)57(4,5)6)49-19-16-20-50(38-49)64(48-32-26-44(27-33-48)58(7,8)9)54-37-45(59(10,11)12)36-53(55(54)60)62-39-61-51-34-21-41(35-52(51)62)40-17-14-13-15-18-40/h13-39H,1-12H3. The van der Waals surface area contributed by atoms with Crippen molar-refractivity contribution in [2.75, 3.05) is 9.80 Å². The van der Waals surface area contributed by atoms with Gasteiger partial charge in [-0.2, -0.15) is 0 Å². The molecule has 0 aliphatic heterocycles. The molecule has 8 rings (SSSR count). The highest BCUT2D eigenvalue weighted by Gasteiger charge is 2.27. The number of hydrogen-bond acceptors (Lipinski definition) is 3. The van der Waals surface area contributed by atoms with Gasteiger partial charge < -0.3 is 9.80 Å². The van der Waals surface area contributed by atoms with Crippen molar-refractivity contribution in [1.82, 2.24) is 9.55 Å². The lowest BCUT2D eigenvalue weighted by atomic mass is 9.86. The Morgan fingerprint density at radius 2 is 0.875 bits per heavy atom. The van der Waals surface area contributed by atoms with Crippen LogP contribution in [0.25, 0.3) is 27.8 Å². The minimum Gasteiger partial charge on any atom is -0.310 e. The van der Waals surface area contributed by atoms with E-state index in [1.54, 1.807) is 0 Å². The summed E-state index contributed by atoms with van der Waals surface area (Å²) in [5, 5.41) is 0.634. The number of fused-ring (bicyclic) bond motifs is 1. The average Bonchev–Trinajstić information content (AvgIpc) is 3.67. The van der Waals surface area contributed by atoms with Crippen LogP contribution in [-0.2, 0) is 21.7 Å². The Hall–Kier alpha value is -6.10. The van der Waals surface area contributed by atoms with Gasteiger partial charge in [0.2, 0.25) is 0 Å². The zero-order valence-electron chi connectivity index (χ0n) is 39.8. The van der Waals surface area contributed by atoms with Crippen LogP contribution in [-0.4, -0.2) is 9.55 Å². The third-order valence-electron chi connectivity index (χ3n) is 12.4. The number of hydrogen-bond donors (Lipinski definition) is 0. The minimum absolute atomic E-state index is 0.00704. The normalized spacial score (nSPS) is 12.5. The summed E-state index contributed by atoms with van der Waals surface area (Å²) in [5.74, 6) is 0. The monoisotopic (exact) mass is 862 g/mol. The second-order valence-corrected chi connectivity index (χ2v) is 21.7. The first kappa shape index (κ1) is 44.5. The van der Waals surface area contributed by atoms with E-state index >= 15 is 0 Å². The highest BCUT2D eigenvalue weighted by atomic mass is 35.5. The maximum atomic E-state index is 7.87. The molecule has 8 aromatic rings. The fraction of sp³-hybridized carbons (Fsp3) is 0.271. The Morgan fingerprint density at radius 1 is 0.406 bits per heavy atom. The highest BCUT2D eigenvalue weighted by Crippen LogP contribution is 2.47. The van der Waals surface area contributed by atoms with Crippen LogP contribution in [0.2, 0.25) is 5.02 Å². The summed E-state index contributed by atoms with van der Waals surface area (Å²) >= 11 is 7.87. The molecule has 4 nitrogen and oxygen atoms in total. The van der Waals surface area contributed by atoms with Gasteiger partial charge in [-0.25, -0.2) is 4.98 Å². The minimum atomic E-state index is -0.196. The molecule has 0 aliphatic carbocycles. The molecule has 1 heterocycles. The van der Waals surface area contributed by atoms with Gasteiger partial charge in [0.05, 0.1) is 27.4 Å². The molecule has 0 amide bonds. The van der Waals surface area contributed by atoms with Gasteiger partial charge in [0.15, 0.2) is 0 Å². The van der Waals surface area contributed by atoms with E-state index in [1.165, 1.54) is 16.7 Å². The average molecular weight is 864 g/mol. The first-order valence-electron chi connectivity index (χ1n) is 22.6. The second kappa shape index (κ2) is 16.8. The SMILES string of the molecule is CC(C)(C)c1ccc(N(c2ccc(C(C)(C)C)cc2)c2cccc(N(c3ccc(C(C)(C)C)cc3)c3cc(C(C)(C)C)cc(-n4cnc5ccc(-c6ccccc6)cc54)c3Cl)c2)cc1. The molecule has 0 saturated heterocycles. The molecule has 0 atom stereocenters. The molecule has 0 unspecified atom stereocenters. The molecule has 0 N–H and O–H groups in total. The number of nitrogens with zero attached hydrogens (tertiary/aromatic N) is 4. The van der Waals surface area contributed by atoms with E-state index in [2.05, 4.69) is 255 Å². The second-order valence-electron chi connectivity index (χ2n) is 21.3. The van der Waals surface area contributed by atoms with E-state index in [-0.39, 0.29) is 21.7 Å². The summed E-state index contributed by atoms with van der Waals surface area (Å²) in [7, 11) is 0. The van der Waals surface area contributed by atoms with Crippen LogP contribution in [0, 0.1) is 0 Å². The number of rotatable bonds is 8. The smallest absolute Gasteiger partial charge is 0.100 e. The van der Waals surface area contributed by atoms with Crippen LogP contribution in [0.4, 0.5) is 34.1 Å². The largest absolute Gasteiger partial charge is 0.310 e. The molecule has 0 spiro atoms. The third kappa shape index (κ3) is 9.12. The first-order valence-corrected chi connectivity index (χ1v) is 22.9. The van der Waals surface area contributed by atoms with Crippen LogP contribution in [0.3, 0.4) is 0 Å². The van der Waals surface area contributed by atoms with E-state index in [1.807, 2.05) is 6.33 Å². The number of imidazole rings is 1. The molecule has 1 aromatic heterocycles. The molecule has 0 bridgehead atoms. The maximum absolute atomic E-state index is 7.87. The van der Waals surface area contributed by atoms with Gasteiger partial charge in [-0.15, -0.1) is 0 Å². The first-order chi connectivity index (χ1) is 30.2. The molecule has 0 fully saturated rings. The molecule has 5 heteroatoms. The van der Waals surface area contributed by atoms with Gasteiger partial charge in [-0.1, -0.05) is 174 Å². The van der Waals surface area contributed by atoms with E-state index in [9.17, 15) is 0 Å². The van der Waals surface area contributed by atoms with Gasteiger partial charge in [-0.05, 0) is 134 Å². The van der Waals surface area contributed by atoms with Crippen LogP contribution in [0.5, 0.6) is 0 Å². The molecule has 0 saturated carbocycles. The zero-order valence-corrected chi connectivity index (χ0v) is 40.5. The van der Waals surface area contributed by atoms with E-state index in [0.717, 1.165) is 67.5 Å². The van der Waals surface area contributed by atoms with Gasteiger partial charge in [0.25, 0.3) is 0 Å². The van der Waals surface area contributed by atoms with Crippen molar-refractivity contribution in [2.24, 2.45) is 0 Å². The van der Waals surface area contributed by atoms with Crippen molar-refractivity contribution >= 4 is 56.8 Å². The van der Waals surface area contributed by atoms with Crippen LogP contribution < -0.4 is 9.80 Å². The third-order valence-corrected chi connectivity index (χ3v) is 12.8. The van der Waals surface area contributed by atoms with E-state index in [4.69, 9.17) is 16.6 Å². The van der Waals surface area contributed by atoms with Crippen molar-refractivity contribution in [3.05, 3.63) is 191 Å². The lowest BCUT2D eigenvalue weighted by Gasteiger charge is -2.32. The Kier molecular flexibility index (Phi) is 11.7. The molecular weight excluding hydrogens is 800 g/mol. The molecule has 64 heavy (non-hydrogen) atoms. The summed E-state index contributed by atoms with van der Waals surface area (Å²) in [4.78, 5) is 9.59. The van der Waals surface area contributed by atoms with Crippen molar-refractivity contribution in [3.8, 4) is 16.8 Å². The van der Waals surface area contributed by atoms with Crippen molar-refractivity contribution in [3.63, 3.8) is 0 Å². The fourth-order valence-electron chi connectivity index (χ4n) is 8.35. The van der Waals surface area contributed by atoms with Crippen LogP contribution >= 0.6 is 11.6 Å². The van der Waals surface area contributed by atoms with E-state index < -0.39 is 0 Å². The Bertz CT molecular complexity index is 2840. The molecule has 326 valence electrons. The lowest BCUT2D eigenvalue weighted by molar-refractivity contribution is 0.589. The maximum Gasteiger partial charge on any atom is 0.100 e. The van der Waals surface area contributed by atoms with E-state index in [0.29, 0.717) is 5.02 Å².